The van der Waals surface area contributed by atoms with Gasteiger partial charge in [0.05, 0.1) is 4.90 Å². The van der Waals surface area contributed by atoms with E-state index in [9.17, 15) is 13.2 Å². The van der Waals surface area contributed by atoms with E-state index in [1.165, 1.54) is 13.0 Å². The molecule has 1 N–H and O–H groups in total. The predicted octanol–water partition coefficient (Wildman–Crippen LogP) is 1.40. The first-order valence-corrected chi connectivity index (χ1v) is 8.78. The molecular weight excluding hydrogens is 288 g/mol. The number of sulfonamides is 1. The second-order valence-electron chi connectivity index (χ2n) is 5.87. The summed E-state index contributed by atoms with van der Waals surface area (Å²) >= 11 is 0. The van der Waals surface area contributed by atoms with E-state index in [1.54, 1.807) is 22.5 Å². The minimum atomic E-state index is -3.52. The number of benzene rings is 1. The molecule has 5 nitrogen and oxygen atoms in total. The van der Waals surface area contributed by atoms with Crippen molar-refractivity contribution in [3.8, 4) is 0 Å². The lowest BCUT2D eigenvalue weighted by molar-refractivity contribution is 0.101. The number of nitrogens with one attached hydrogen (secondary N) is 1. The molecule has 1 aromatic carbocycles. The molecule has 0 saturated carbocycles. The van der Waals surface area contributed by atoms with Gasteiger partial charge in [-0.25, -0.2) is 8.42 Å². The second-order valence-corrected chi connectivity index (χ2v) is 7.81. The van der Waals surface area contributed by atoms with Crippen LogP contribution >= 0.6 is 0 Å². The van der Waals surface area contributed by atoms with Gasteiger partial charge >= 0.3 is 0 Å². The average molecular weight is 308 g/mol. The van der Waals surface area contributed by atoms with E-state index in [1.807, 2.05) is 0 Å². The van der Waals surface area contributed by atoms with Crippen LogP contribution in [0.5, 0.6) is 0 Å². The van der Waals surface area contributed by atoms with Gasteiger partial charge in [0.2, 0.25) is 10.0 Å². The molecule has 0 amide bonds. The van der Waals surface area contributed by atoms with Crippen LogP contribution < -0.4 is 5.32 Å². The zero-order chi connectivity index (χ0) is 15.0. The Labute approximate surface area is 125 Å². The number of nitrogens with zero attached hydrogens (tertiary/aromatic N) is 1. The number of carbonyl (C=O) groups is 1. The Hall–Kier alpha value is -1.24. The van der Waals surface area contributed by atoms with Crippen molar-refractivity contribution in [1.29, 1.82) is 0 Å². The molecule has 0 spiro atoms. The molecule has 2 aliphatic heterocycles. The lowest BCUT2D eigenvalue weighted by Gasteiger charge is -2.23. The van der Waals surface area contributed by atoms with E-state index < -0.39 is 10.0 Å². The van der Waals surface area contributed by atoms with Crippen molar-refractivity contribution in [3.63, 3.8) is 0 Å². The molecule has 3 rings (SSSR count). The normalized spacial score (nSPS) is 26.5. The fraction of sp³-hybridized carbons (Fsp3) is 0.533. The van der Waals surface area contributed by atoms with Crippen LogP contribution in [-0.2, 0) is 10.0 Å². The van der Waals surface area contributed by atoms with Gasteiger partial charge < -0.3 is 5.32 Å². The molecule has 1 aromatic rings. The molecule has 0 aliphatic carbocycles. The summed E-state index contributed by atoms with van der Waals surface area (Å²) in [5, 5.41) is 3.48. The smallest absolute Gasteiger partial charge is 0.243 e. The van der Waals surface area contributed by atoms with Crippen LogP contribution in [-0.4, -0.2) is 43.7 Å². The van der Waals surface area contributed by atoms with Gasteiger partial charge in [-0.15, -0.1) is 0 Å². The molecule has 6 heteroatoms. The first kappa shape index (κ1) is 14.7. The summed E-state index contributed by atoms with van der Waals surface area (Å²) in [7, 11) is -3.52. The molecule has 2 bridgehead atoms. The summed E-state index contributed by atoms with van der Waals surface area (Å²) in [6.07, 6.45) is 3.02. The Morgan fingerprint density at radius 3 is 2.76 bits per heavy atom. The van der Waals surface area contributed by atoms with E-state index in [2.05, 4.69) is 5.32 Å². The number of hydrogen-bond acceptors (Lipinski definition) is 4. The average Bonchev–Trinajstić information content (AvgIpc) is 2.77. The highest BCUT2D eigenvalue weighted by atomic mass is 32.2. The standard InChI is InChI=1S/C15H20N2O3S/c1-11(18)12-3-2-4-15(9-12)21(19,20)17-8-7-13-5-6-14(10-17)16-13/h2-4,9,13-14,16H,5-8,10H2,1H3. The number of ketones is 1. The predicted molar refractivity (Wildman–Crippen MR) is 79.8 cm³/mol. The number of carbonyl (C=O) groups excluding carboxylic acids is 1. The Morgan fingerprint density at radius 1 is 1.24 bits per heavy atom. The Bertz CT molecular complexity index is 657. The van der Waals surface area contributed by atoms with Crippen LogP contribution in [0.4, 0.5) is 0 Å². The van der Waals surface area contributed by atoms with Crippen LogP contribution in [0.2, 0.25) is 0 Å². The SMILES string of the molecule is CC(=O)c1cccc(S(=O)(=O)N2CCC3CCC(C2)N3)c1. The topological polar surface area (TPSA) is 66.5 Å². The zero-order valence-corrected chi connectivity index (χ0v) is 12.9. The lowest BCUT2D eigenvalue weighted by Crippen LogP contribution is -2.39. The van der Waals surface area contributed by atoms with Crippen LogP contribution in [0.1, 0.15) is 36.5 Å². The van der Waals surface area contributed by atoms with Crippen LogP contribution in [0.25, 0.3) is 0 Å². The van der Waals surface area contributed by atoms with Crippen molar-refractivity contribution < 1.29 is 13.2 Å². The number of rotatable bonds is 3. The van der Waals surface area contributed by atoms with E-state index in [0.29, 0.717) is 24.7 Å². The third kappa shape index (κ3) is 2.88. The number of fused-ring (bicyclic) bond motifs is 2. The molecule has 2 heterocycles. The number of hydrogen-bond donors (Lipinski definition) is 1. The fourth-order valence-electron chi connectivity index (χ4n) is 3.15. The van der Waals surface area contributed by atoms with Gasteiger partial charge in [0, 0.05) is 30.7 Å². The summed E-state index contributed by atoms with van der Waals surface area (Å²) in [6, 6.07) is 7.02. The third-order valence-corrected chi connectivity index (χ3v) is 6.23. The largest absolute Gasteiger partial charge is 0.310 e. The Morgan fingerprint density at radius 2 is 2.00 bits per heavy atom. The Kier molecular flexibility index (Phi) is 3.86. The van der Waals surface area contributed by atoms with E-state index in [4.69, 9.17) is 0 Å². The van der Waals surface area contributed by atoms with Crippen molar-refractivity contribution in [2.24, 2.45) is 0 Å². The Balaban J connectivity index is 1.89. The molecule has 114 valence electrons. The van der Waals surface area contributed by atoms with Crippen molar-refractivity contribution >= 4 is 15.8 Å². The second kappa shape index (κ2) is 5.51. The highest BCUT2D eigenvalue weighted by molar-refractivity contribution is 7.89. The van der Waals surface area contributed by atoms with Crippen LogP contribution in [0, 0.1) is 0 Å². The van der Waals surface area contributed by atoms with Crippen molar-refractivity contribution in [1.82, 2.24) is 9.62 Å². The van der Waals surface area contributed by atoms with Gasteiger partial charge in [0.1, 0.15) is 0 Å². The van der Waals surface area contributed by atoms with Gasteiger partial charge in [-0.3, -0.25) is 4.79 Å². The van der Waals surface area contributed by atoms with Crippen molar-refractivity contribution in [2.45, 2.75) is 43.2 Å². The highest BCUT2D eigenvalue weighted by Gasteiger charge is 2.34. The molecule has 2 atom stereocenters. The van der Waals surface area contributed by atoms with E-state index >= 15 is 0 Å². The maximum Gasteiger partial charge on any atom is 0.243 e. The van der Waals surface area contributed by atoms with Crippen LogP contribution in [0.3, 0.4) is 0 Å². The first-order valence-electron chi connectivity index (χ1n) is 7.34. The minimum Gasteiger partial charge on any atom is -0.310 e. The fourth-order valence-corrected chi connectivity index (χ4v) is 4.70. The van der Waals surface area contributed by atoms with Gasteiger partial charge in [-0.2, -0.15) is 4.31 Å². The van der Waals surface area contributed by atoms with Crippen molar-refractivity contribution in [3.05, 3.63) is 29.8 Å². The summed E-state index contributed by atoms with van der Waals surface area (Å²) in [5.74, 6) is -0.122. The lowest BCUT2D eigenvalue weighted by atomic mass is 10.1. The molecular formula is C15H20N2O3S. The summed E-state index contributed by atoms with van der Waals surface area (Å²) in [6.45, 7) is 2.50. The van der Waals surface area contributed by atoms with Crippen LogP contribution in [0.15, 0.2) is 29.2 Å². The summed E-state index contributed by atoms with van der Waals surface area (Å²) in [4.78, 5) is 11.7. The number of Topliss-reactive ketones (excluding diaryl/α,β-unsaturated/α-hetero) is 1. The molecule has 0 radical (unpaired) electrons. The monoisotopic (exact) mass is 308 g/mol. The van der Waals surface area contributed by atoms with Gasteiger partial charge in [-0.05, 0) is 38.3 Å². The van der Waals surface area contributed by atoms with Crippen molar-refractivity contribution in [2.75, 3.05) is 13.1 Å². The van der Waals surface area contributed by atoms with Gasteiger partial charge in [-0.1, -0.05) is 12.1 Å². The maximum atomic E-state index is 12.8. The summed E-state index contributed by atoms with van der Waals surface area (Å²) in [5.41, 5.74) is 0.436. The zero-order valence-electron chi connectivity index (χ0n) is 12.1. The molecule has 21 heavy (non-hydrogen) atoms. The van der Waals surface area contributed by atoms with Gasteiger partial charge in [0.25, 0.3) is 0 Å². The highest BCUT2D eigenvalue weighted by Crippen LogP contribution is 2.25. The van der Waals surface area contributed by atoms with E-state index in [0.717, 1.165) is 19.3 Å². The first-order chi connectivity index (χ1) is 9.96. The quantitative estimate of drug-likeness (QED) is 0.857. The molecule has 2 unspecified atom stereocenters. The molecule has 0 aromatic heterocycles. The molecule has 2 aliphatic rings. The maximum absolute atomic E-state index is 12.8. The molecule has 2 fully saturated rings. The van der Waals surface area contributed by atoms with Gasteiger partial charge in [0.15, 0.2) is 5.78 Å². The molecule has 2 saturated heterocycles. The third-order valence-electron chi connectivity index (χ3n) is 4.36. The summed E-state index contributed by atoms with van der Waals surface area (Å²) < 4.78 is 27.1. The minimum absolute atomic E-state index is 0.122. The van der Waals surface area contributed by atoms with E-state index in [-0.39, 0.29) is 16.7 Å².